The first-order valence-electron chi connectivity index (χ1n) is 12.2. The van der Waals surface area contributed by atoms with Crippen molar-refractivity contribution in [3.05, 3.63) is 42.1 Å². The zero-order valence-electron chi connectivity index (χ0n) is 20.2. The zero-order chi connectivity index (χ0) is 24.3. The Morgan fingerprint density at radius 1 is 1.18 bits per heavy atom. The molecule has 2 amide bonds. The van der Waals surface area contributed by atoms with E-state index in [1.165, 1.54) is 0 Å². The lowest BCUT2D eigenvalue weighted by Gasteiger charge is -2.29. The molecule has 3 N–H and O–H groups in total. The van der Waals surface area contributed by atoms with Crippen LogP contribution in [0.4, 0.5) is 0 Å². The number of hydrogen-bond donors (Lipinski definition) is 3. The van der Waals surface area contributed by atoms with Gasteiger partial charge in [0, 0.05) is 30.0 Å². The van der Waals surface area contributed by atoms with Crippen molar-refractivity contribution < 1.29 is 24.3 Å². The predicted molar refractivity (Wildman–Crippen MR) is 129 cm³/mol. The second-order valence-electron chi connectivity index (χ2n) is 9.29. The molecular weight excluding hydrogens is 434 g/mol. The van der Waals surface area contributed by atoms with E-state index in [-0.39, 0.29) is 31.3 Å². The maximum atomic E-state index is 13.0. The van der Waals surface area contributed by atoms with Crippen molar-refractivity contribution in [1.82, 2.24) is 15.8 Å². The molecule has 3 rings (SSSR count). The van der Waals surface area contributed by atoms with Gasteiger partial charge in [-0.15, -0.1) is 0 Å². The predicted octanol–water partition coefficient (Wildman–Crippen LogP) is 3.61. The molecule has 34 heavy (non-hydrogen) atoms. The van der Waals surface area contributed by atoms with Crippen molar-refractivity contribution in [2.45, 2.75) is 58.4 Å². The number of carbonyl (C=O) groups is 2. The molecule has 1 heterocycles. The molecule has 1 aliphatic rings. The first-order valence-corrected chi connectivity index (χ1v) is 12.2. The Bertz CT molecular complexity index is 930. The topological polar surface area (TPSA) is 110 Å². The minimum Gasteiger partial charge on any atom is -0.356 e. The summed E-state index contributed by atoms with van der Waals surface area (Å²) in [6.07, 6.45) is 6.31. The van der Waals surface area contributed by atoms with Gasteiger partial charge in [-0.25, -0.2) is 5.48 Å². The van der Waals surface area contributed by atoms with Crippen LogP contribution in [0.25, 0.3) is 10.9 Å². The third-order valence-corrected chi connectivity index (χ3v) is 6.60. The highest BCUT2D eigenvalue weighted by Gasteiger charge is 2.29. The van der Waals surface area contributed by atoms with Gasteiger partial charge in [-0.3, -0.25) is 19.8 Å². The van der Waals surface area contributed by atoms with Crippen molar-refractivity contribution in [1.29, 1.82) is 0 Å². The molecular formula is C26H37N3O5. The Morgan fingerprint density at radius 2 is 1.94 bits per heavy atom. The van der Waals surface area contributed by atoms with E-state index < -0.39 is 11.8 Å². The molecule has 0 saturated heterocycles. The van der Waals surface area contributed by atoms with Crippen molar-refractivity contribution in [2.75, 3.05) is 20.0 Å². The molecule has 1 aromatic heterocycles. The van der Waals surface area contributed by atoms with E-state index >= 15 is 0 Å². The van der Waals surface area contributed by atoms with Gasteiger partial charge in [0.05, 0.1) is 18.2 Å². The number of nitrogens with one attached hydrogen (secondary N) is 2. The van der Waals surface area contributed by atoms with E-state index in [0.29, 0.717) is 25.4 Å². The van der Waals surface area contributed by atoms with Gasteiger partial charge >= 0.3 is 0 Å². The molecule has 1 fully saturated rings. The van der Waals surface area contributed by atoms with Crippen LogP contribution in [0.15, 0.2) is 36.5 Å². The Kier molecular flexibility index (Phi) is 10.2. The smallest absolute Gasteiger partial charge is 0.246 e. The molecule has 186 valence electrons. The van der Waals surface area contributed by atoms with Crippen molar-refractivity contribution in [2.24, 2.45) is 17.8 Å². The summed E-state index contributed by atoms with van der Waals surface area (Å²) in [6, 6.07) is 9.40. The SMILES string of the molecule is CCOCOC[C@H](C[C@H](Cc1cnc2ccccc2c1)C(=O)NO)NC(=O)C1CCC(C)CC1. The summed E-state index contributed by atoms with van der Waals surface area (Å²) in [5.74, 6) is -0.417. The van der Waals surface area contributed by atoms with E-state index in [0.717, 1.165) is 42.1 Å². The van der Waals surface area contributed by atoms with E-state index in [2.05, 4.69) is 17.2 Å². The quantitative estimate of drug-likeness (QED) is 0.189. The number of benzene rings is 1. The van der Waals surface area contributed by atoms with Gasteiger partial charge < -0.3 is 14.8 Å². The summed E-state index contributed by atoms with van der Waals surface area (Å²) in [7, 11) is 0. The number of hydroxylamine groups is 1. The number of hydrogen-bond acceptors (Lipinski definition) is 6. The highest BCUT2D eigenvalue weighted by atomic mass is 16.7. The lowest BCUT2D eigenvalue weighted by atomic mass is 9.82. The summed E-state index contributed by atoms with van der Waals surface area (Å²) >= 11 is 0. The molecule has 8 nitrogen and oxygen atoms in total. The first kappa shape index (κ1) is 26.1. The lowest BCUT2D eigenvalue weighted by Crippen LogP contribution is -2.45. The van der Waals surface area contributed by atoms with Crippen molar-refractivity contribution in [3.8, 4) is 0 Å². The molecule has 2 aromatic rings. The van der Waals surface area contributed by atoms with Gasteiger partial charge in [0.25, 0.3) is 0 Å². The summed E-state index contributed by atoms with van der Waals surface area (Å²) < 4.78 is 10.9. The largest absolute Gasteiger partial charge is 0.356 e. The number of nitrogens with zero attached hydrogens (tertiary/aromatic N) is 1. The Labute approximate surface area is 201 Å². The van der Waals surface area contributed by atoms with Crippen molar-refractivity contribution >= 4 is 22.7 Å². The molecule has 0 bridgehead atoms. The van der Waals surface area contributed by atoms with E-state index in [9.17, 15) is 14.8 Å². The van der Waals surface area contributed by atoms with Crippen LogP contribution in [-0.2, 0) is 25.5 Å². The summed E-state index contributed by atoms with van der Waals surface area (Å²) in [6.45, 7) is 4.97. The maximum Gasteiger partial charge on any atom is 0.246 e. The average Bonchev–Trinajstić information content (AvgIpc) is 2.85. The third-order valence-electron chi connectivity index (χ3n) is 6.60. The number of pyridine rings is 1. The van der Waals surface area contributed by atoms with E-state index in [1.54, 1.807) is 11.7 Å². The summed E-state index contributed by atoms with van der Waals surface area (Å²) in [4.78, 5) is 30.0. The van der Waals surface area contributed by atoms with Gasteiger partial charge in [0.1, 0.15) is 6.79 Å². The van der Waals surface area contributed by atoms with Gasteiger partial charge in [0.2, 0.25) is 11.8 Å². The zero-order valence-corrected chi connectivity index (χ0v) is 20.2. The van der Waals surface area contributed by atoms with Gasteiger partial charge in [-0.05, 0) is 69.1 Å². The Balaban J connectivity index is 1.70. The lowest BCUT2D eigenvalue weighted by molar-refractivity contribution is -0.135. The molecule has 1 saturated carbocycles. The van der Waals surface area contributed by atoms with Crippen LogP contribution in [0.3, 0.4) is 0 Å². The van der Waals surface area contributed by atoms with Crippen LogP contribution in [0.2, 0.25) is 0 Å². The third kappa shape index (κ3) is 7.75. The number of carbonyl (C=O) groups excluding carboxylic acids is 2. The summed E-state index contributed by atoms with van der Waals surface area (Å²) in [5, 5.41) is 13.5. The molecule has 0 radical (unpaired) electrons. The van der Waals surface area contributed by atoms with Crippen LogP contribution in [-0.4, -0.2) is 48.1 Å². The fraction of sp³-hybridized carbons (Fsp3) is 0.577. The molecule has 0 unspecified atom stereocenters. The number of fused-ring (bicyclic) bond motifs is 1. The van der Waals surface area contributed by atoms with Gasteiger partial charge in [-0.1, -0.05) is 25.1 Å². The Hall–Kier alpha value is -2.55. The molecule has 0 aliphatic heterocycles. The molecule has 1 aromatic carbocycles. The molecule has 0 spiro atoms. The van der Waals surface area contributed by atoms with Gasteiger partial charge in [-0.2, -0.15) is 0 Å². The fourth-order valence-electron chi connectivity index (χ4n) is 4.57. The van der Waals surface area contributed by atoms with Gasteiger partial charge in [0.15, 0.2) is 0 Å². The molecule has 8 heteroatoms. The average molecular weight is 472 g/mol. The van der Waals surface area contributed by atoms with Crippen LogP contribution in [0.5, 0.6) is 0 Å². The maximum absolute atomic E-state index is 13.0. The number of aromatic nitrogens is 1. The number of para-hydroxylation sites is 1. The minimum atomic E-state index is -0.569. The summed E-state index contributed by atoms with van der Waals surface area (Å²) in [5.41, 5.74) is 3.55. The second kappa shape index (κ2) is 13.4. The van der Waals surface area contributed by atoms with Crippen molar-refractivity contribution in [3.63, 3.8) is 0 Å². The normalized spacial score (nSPS) is 20.0. The highest BCUT2D eigenvalue weighted by molar-refractivity contribution is 5.81. The molecule has 1 aliphatic carbocycles. The van der Waals surface area contributed by atoms with E-state index in [4.69, 9.17) is 9.47 Å². The van der Waals surface area contributed by atoms with Crippen LogP contribution in [0, 0.1) is 17.8 Å². The fourth-order valence-corrected chi connectivity index (χ4v) is 4.57. The monoisotopic (exact) mass is 471 g/mol. The standard InChI is InChI=1S/C26H37N3O5/c1-3-33-17-34-16-23(28-25(30)20-10-8-18(2)9-11-20)14-22(26(31)29-32)13-19-12-21-6-4-5-7-24(21)27-15-19/h4-7,12,15,18,20,22-23,32H,3,8-11,13-14,16-17H2,1-2H3,(H,28,30)(H,29,31)/t18?,20?,22-,23-/m0/s1. The van der Waals surface area contributed by atoms with E-state index in [1.807, 2.05) is 37.3 Å². The van der Waals surface area contributed by atoms with Crippen LogP contribution < -0.4 is 10.8 Å². The minimum absolute atomic E-state index is 0.00689. The second-order valence-corrected chi connectivity index (χ2v) is 9.29. The first-order chi connectivity index (χ1) is 16.5. The highest BCUT2D eigenvalue weighted by Crippen LogP contribution is 2.28. The van der Waals surface area contributed by atoms with Crippen LogP contribution in [0.1, 0.15) is 51.5 Å². The number of ether oxygens (including phenoxy) is 2. The number of amides is 2. The Morgan fingerprint density at radius 3 is 2.68 bits per heavy atom. The van der Waals surface area contributed by atoms with Crippen LogP contribution >= 0.6 is 0 Å². The number of rotatable bonds is 12. The molecule has 2 atom stereocenters.